The van der Waals surface area contributed by atoms with Crippen molar-refractivity contribution in [1.29, 1.82) is 0 Å². The van der Waals surface area contributed by atoms with Crippen LogP contribution in [0.5, 0.6) is 0 Å². The SMILES string of the molecule is CCCCCCc1ccn(Cc2cccc(F)c2)c(=O)c1. The number of hydrogen-bond acceptors (Lipinski definition) is 1. The summed E-state index contributed by atoms with van der Waals surface area (Å²) >= 11 is 0. The van der Waals surface area contributed by atoms with E-state index in [0.717, 1.165) is 24.0 Å². The van der Waals surface area contributed by atoms with E-state index in [-0.39, 0.29) is 11.4 Å². The maximum atomic E-state index is 13.1. The second kappa shape index (κ2) is 7.77. The fourth-order valence-electron chi connectivity index (χ4n) is 2.42. The lowest BCUT2D eigenvalue weighted by Crippen LogP contribution is -2.19. The molecule has 0 unspecified atom stereocenters. The quantitative estimate of drug-likeness (QED) is 0.701. The summed E-state index contributed by atoms with van der Waals surface area (Å²) in [4.78, 5) is 12.1. The van der Waals surface area contributed by atoms with Crippen molar-refractivity contribution in [2.75, 3.05) is 0 Å². The van der Waals surface area contributed by atoms with Crippen molar-refractivity contribution in [2.45, 2.75) is 45.6 Å². The topological polar surface area (TPSA) is 22.0 Å². The first-order chi connectivity index (χ1) is 10.2. The van der Waals surface area contributed by atoms with Gasteiger partial charge in [-0.25, -0.2) is 4.39 Å². The number of nitrogens with zero attached hydrogens (tertiary/aromatic N) is 1. The summed E-state index contributed by atoms with van der Waals surface area (Å²) in [7, 11) is 0. The van der Waals surface area contributed by atoms with Gasteiger partial charge >= 0.3 is 0 Å². The lowest BCUT2D eigenvalue weighted by Gasteiger charge is -2.07. The lowest BCUT2D eigenvalue weighted by molar-refractivity contribution is 0.622. The maximum Gasteiger partial charge on any atom is 0.251 e. The molecule has 3 heteroatoms. The normalized spacial score (nSPS) is 10.8. The van der Waals surface area contributed by atoms with Gasteiger partial charge in [0.2, 0.25) is 0 Å². The van der Waals surface area contributed by atoms with Crippen LogP contribution in [0, 0.1) is 5.82 Å². The van der Waals surface area contributed by atoms with Crippen LogP contribution in [0.1, 0.15) is 43.7 Å². The van der Waals surface area contributed by atoms with Crippen LogP contribution in [-0.4, -0.2) is 4.57 Å². The molecule has 0 N–H and O–H groups in total. The van der Waals surface area contributed by atoms with Crippen LogP contribution in [0.25, 0.3) is 0 Å². The second-order valence-electron chi connectivity index (χ2n) is 5.44. The molecule has 112 valence electrons. The summed E-state index contributed by atoms with van der Waals surface area (Å²) in [6, 6.07) is 10.1. The van der Waals surface area contributed by atoms with E-state index in [1.165, 1.54) is 31.4 Å². The zero-order valence-corrected chi connectivity index (χ0v) is 12.5. The highest BCUT2D eigenvalue weighted by molar-refractivity contribution is 5.18. The van der Waals surface area contributed by atoms with Crippen molar-refractivity contribution < 1.29 is 4.39 Å². The Balaban J connectivity index is 2.00. The van der Waals surface area contributed by atoms with E-state index in [2.05, 4.69) is 6.92 Å². The van der Waals surface area contributed by atoms with Gasteiger partial charge in [0.1, 0.15) is 5.82 Å². The molecule has 0 aliphatic heterocycles. The van der Waals surface area contributed by atoms with Crippen molar-refractivity contribution in [3.05, 3.63) is 69.9 Å². The van der Waals surface area contributed by atoms with Gasteiger partial charge in [-0.3, -0.25) is 4.79 Å². The molecule has 0 radical (unpaired) electrons. The fourth-order valence-corrected chi connectivity index (χ4v) is 2.42. The molecule has 0 saturated carbocycles. The fraction of sp³-hybridized carbons (Fsp3) is 0.389. The molecule has 1 heterocycles. The van der Waals surface area contributed by atoms with Crippen molar-refractivity contribution in [1.82, 2.24) is 4.57 Å². The first-order valence-electron chi connectivity index (χ1n) is 7.63. The predicted octanol–water partition coefficient (Wildman–Crippen LogP) is 4.16. The minimum atomic E-state index is -0.270. The molecular weight excluding hydrogens is 265 g/mol. The second-order valence-corrected chi connectivity index (χ2v) is 5.44. The Bertz CT molecular complexity index is 633. The largest absolute Gasteiger partial charge is 0.311 e. The minimum absolute atomic E-state index is 0.0211. The third-order valence-electron chi connectivity index (χ3n) is 3.62. The molecule has 1 aromatic heterocycles. The molecule has 2 rings (SSSR count). The highest BCUT2D eigenvalue weighted by Gasteiger charge is 2.01. The monoisotopic (exact) mass is 287 g/mol. The smallest absolute Gasteiger partial charge is 0.251 e. The van der Waals surface area contributed by atoms with Crippen molar-refractivity contribution in [3.63, 3.8) is 0 Å². The van der Waals surface area contributed by atoms with Gasteiger partial charge in [-0.15, -0.1) is 0 Å². The summed E-state index contributed by atoms with van der Waals surface area (Å²) in [5.41, 5.74) is 1.87. The van der Waals surface area contributed by atoms with Gasteiger partial charge < -0.3 is 4.57 Å². The van der Waals surface area contributed by atoms with E-state index in [1.54, 1.807) is 16.7 Å². The number of aryl methyl sites for hydroxylation is 1. The summed E-state index contributed by atoms with van der Waals surface area (Å²) in [6.07, 6.45) is 7.56. The number of pyridine rings is 1. The Morgan fingerprint density at radius 3 is 2.62 bits per heavy atom. The van der Waals surface area contributed by atoms with Gasteiger partial charge in [-0.1, -0.05) is 38.3 Å². The molecular formula is C18H22FNO. The van der Waals surface area contributed by atoms with Crippen LogP contribution < -0.4 is 5.56 Å². The molecule has 0 spiro atoms. The Morgan fingerprint density at radius 1 is 1.05 bits per heavy atom. The number of rotatable bonds is 7. The molecule has 21 heavy (non-hydrogen) atoms. The maximum absolute atomic E-state index is 13.1. The lowest BCUT2D eigenvalue weighted by atomic mass is 10.1. The molecule has 0 atom stereocenters. The van der Waals surface area contributed by atoms with Crippen LogP contribution in [-0.2, 0) is 13.0 Å². The number of aromatic nitrogens is 1. The van der Waals surface area contributed by atoms with E-state index in [1.807, 2.05) is 18.3 Å². The van der Waals surface area contributed by atoms with Crippen LogP contribution in [0.4, 0.5) is 4.39 Å². The van der Waals surface area contributed by atoms with Gasteiger partial charge in [0, 0.05) is 12.3 Å². The summed E-state index contributed by atoms with van der Waals surface area (Å²) < 4.78 is 14.8. The zero-order chi connectivity index (χ0) is 15.1. The van der Waals surface area contributed by atoms with Gasteiger partial charge in [0.25, 0.3) is 5.56 Å². The highest BCUT2D eigenvalue weighted by atomic mass is 19.1. The average Bonchev–Trinajstić information content (AvgIpc) is 2.46. The predicted molar refractivity (Wildman–Crippen MR) is 84.1 cm³/mol. The number of halogens is 1. The molecule has 0 aliphatic rings. The van der Waals surface area contributed by atoms with Gasteiger partial charge in [0.15, 0.2) is 0 Å². The summed E-state index contributed by atoms with van der Waals surface area (Å²) in [5, 5.41) is 0. The van der Waals surface area contributed by atoms with Crippen LogP contribution in [0.3, 0.4) is 0 Å². The Kier molecular flexibility index (Phi) is 5.73. The number of benzene rings is 1. The van der Waals surface area contributed by atoms with E-state index in [4.69, 9.17) is 0 Å². The molecule has 2 aromatic rings. The zero-order valence-electron chi connectivity index (χ0n) is 12.5. The molecule has 0 saturated heterocycles. The van der Waals surface area contributed by atoms with Gasteiger partial charge in [0.05, 0.1) is 6.54 Å². The summed E-state index contributed by atoms with van der Waals surface area (Å²) in [5.74, 6) is -0.270. The van der Waals surface area contributed by atoms with Crippen molar-refractivity contribution in [2.24, 2.45) is 0 Å². The van der Waals surface area contributed by atoms with E-state index >= 15 is 0 Å². The molecule has 2 nitrogen and oxygen atoms in total. The Morgan fingerprint density at radius 2 is 1.90 bits per heavy atom. The molecule has 0 bridgehead atoms. The van der Waals surface area contributed by atoms with Gasteiger partial charge in [-0.05, 0) is 42.2 Å². The van der Waals surface area contributed by atoms with Crippen molar-refractivity contribution >= 4 is 0 Å². The highest BCUT2D eigenvalue weighted by Crippen LogP contribution is 2.08. The molecule has 1 aromatic carbocycles. The molecule has 0 fully saturated rings. The van der Waals surface area contributed by atoms with Crippen molar-refractivity contribution in [3.8, 4) is 0 Å². The van der Waals surface area contributed by atoms with E-state index < -0.39 is 0 Å². The van der Waals surface area contributed by atoms with Crippen LogP contribution in [0.2, 0.25) is 0 Å². The minimum Gasteiger partial charge on any atom is -0.311 e. The van der Waals surface area contributed by atoms with Gasteiger partial charge in [-0.2, -0.15) is 0 Å². The number of hydrogen-bond donors (Lipinski definition) is 0. The third kappa shape index (κ3) is 4.85. The van der Waals surface area contributed by atoms with Crippen LogP contribution >= 0.6 is 0 Å². The molecule has 0 aliphatic carbocycles. The molecule has 0 amide bonds. The standard InChI is InChI=1S/C18H22FNO/c1-2-3-4-5-7-15-10-11-20(18(21)13-15)14-16-8-6-9-17(19)12-16/h6,8-13H,2-5,7,14H2,1H3. The van der Waals surface area contributed by atoms with E-state index in [9.17, 15) is 9.18 Å². The third-order valence-corrected chi connectivity index (χ3v) is 3.62. The Labute approximate surface area is 125 Å². The average molecular weight is 287 g/mol. The first kappa shape index (κ1) is 15.5. The van der Waals surface area contributed by atoms with Crippen LogP contribution in [0.15, 0.2) is 47.4 Å². The Hall–Kier alpha value is -1.90. The number of unbranched alkanes of at least 4 members (excludes halogenated alkanes) is 3. The summed E-state index contributed by atoms with van der Waals surface area (Å²) in [6.45, 7) is 2.60. The first-order valence-corrected chi connectivity index (χ1v) is 7.63. The van der Waals surface area contributed by atoms with E-state index in [0.29, 0.717) is 6.54 Å².